The molecule has 0 atom stereocenters. The van der Waals surface area contributed by atoms with Gasteiger partial charge in [-0.25, -0.2) is 0 Å². The molecule has 0 heterocycles. The summed E-state index contributed by atoms with van der Waals surface area (Å²) in [5.41, 5.74) is 4.86. The van der Waals surface area contributed by atoms with Crippen LogP contribution in [0.2, 0.25) is 0 Å². The third kappa shape index (κ3) is 2.18. The first-order chi connectivity index (χ1) is 6.19. The van der Waals surface area contributed by atoms with E-state index in [1.165, 1.54) is 5.49 Å². The van der Waals surface area contributed by atoms with Crippen molar-refractivity contribution in [2.75, 3.05) is 12.4 Å². The van der Waals surface area contributed by atoms with E-state index in [-0.39, 0.29) is 0 Å². The maximum Gasteiger partial charge on any atom is 0.119 e. The molecule has 1 N–H and O–H groups in total. The van der Waals surface area contributed by atoms with E-state index in [1.807, 2.05) is 26.0 Å². The fourth-order valence-corrected chi connectivity index (χ4v) is 1.45. The van der Waals surface area contributed by atoms with E-state index in [2.05, 4.69) is 5.32 Å². The second-order valence-electron chi connectivity index (χ2n) is 2.90. The summed E-state index contributed by atoms with van der Waals surface area (Å²) in [4.78, 5) is 0. The van der Waals surface area contributed by atoms with Crippen molar-refractivity contribution in [3.63, 3.8) is 0 Å². The van der Waals surface area contributed by atoms with E-state index >= 15 is 0 Å². The minimum atomic E-state index is 0.880. The molecule has 1 aromatic rings. The molecule has 0 bridgehead atoms. The third-order valence-corrected chi connectivity index (χ3v) is 2.06. The summed E-state index contributed by atoms with van der Waals surface area (Å²) >= 11 is 4.75. The van der Waals surface area contributed by atoms with Crippen molar-refractivity contribution in [2.24, 2.45) is 0 Å². The molecule has 0 aliphatic rings. The zero-order chi connectivity index (χ0) is 9.84. The Hall–Kier alpha value is -1.09. The number of nitrogens with one attached hydrogen (secondary N) is 1. The molecule has 3 heteroatoms. The number of hydrogen-bond acceptors (Lipinski definition) is 2. The first kappa shape index (κ1) is 9.99. The van der Waals surface area contributed by atoms with Gasteiger partial charge in [0.25, 0.3) is 0 Å². The number of hydrogen-bond donors (Lipinski definition) is 1. The number of ether oxygens (including phenoxy) is 1. The molecular formula is C10H13NOS. The summed E-state index contributed by atoms with van der Waals surface area (Å²) in [5, 5.41) is 3.03. The maximum atomic E-state index is 5.14. The molecule has 0 saturated carbocycles. The lowest BCUT2D eigenvalue weighted by Gasteiger charge is -2.10. The molecule has 0 saturated heterocycles. The van der Waals surface area contributed by atoms with Crippen LogP contribution in [0.1, 0.15) is 11.1 Å². The predicted molar refractivity (Wildman–Crippen MR) is 59.7 cm³/mol. The summed E-state index contributed by atoms with van der Waals surface area (Å²) in [6, 6.07) is 3.96. The predicted octanol–water partition coefficient (Wildman–Crippen LogP) is 2.68. The molecule has 0 radical (unpaired) electrons. The zero-order valence-electron chi connectivity index (χ0n) is 8.05. The molecule has 0 spiro atoms. The summed E-state index contributed by atoms with van der Waals surface area (Å²) in [6.45, 7) is 4.05. The van der Waals surface area contributed by atoms with E-state index in [0.717, 1.165) is 22.6 Å². The summed E-state index contributed by atoms with van der Waals surface area (Å²) in [7, 11) is 1.67. The molecule has 0 fully saturated rings. The van der Waals surface area contributed by atoms with Crippen molar-refractivity contribution >= 4 is 23.4 Å². The Labute approximate surface area is 83.9 Å². The van der Waals surface area contributed by atoms with Crippen molar-refractivity contribution in [1.82, 2.24) is 0 Å². The summed E-state index contributed by atoms with van der Waals surface area (Å²) in [6.07, 6.45) is 0. The van der Waals surface area contributed by atoms with Gasteiger partial charge in [0, 0.05) is 5.69 Å². The molecule has 0 amide bonds. The van der Waals surface area contributed by atoms with Crippen LogP contribution >= 0.6 is 12.2 Å². The van der Waals surface area contributed by atoms with Crippen molar-refractivity contribution < 1.29 is 4.74 Å². The Bertz CT molecular complexity index is 300. The highest BCUT2D eigenvalue weighted by molar-refractivity contribution is 7.79. The highest BCUT2D eigenvalue weighted by Crippen LogP contribution is 2.25. The van der Waals surface area contributed by atoms with Crippen LogP contribution in [0.3, 0.4) is 0 Å². The van der Waals surface area contributed by atoms with E-state index in [0.29, 0.717) is 0 Å². The summed E-state index contributed by atoms with van der Waals surface area (Å²) in [5.74, 6) is 0.880. The smallest absolute Gasteiger partial charge is 0.119 e. The number of thiocarbonyl (C=S) groups is 1. The van der Waals surface area contributed by atoms with Gasteiger partial charge in [-0.2, -0.15) is 0 Å². The Morgan fingerprint density at radius 2 is 1.85 bits per heavy atom. The van der Waals surface area contributed by atoms with Gasteiger partial charge in [0.05, 0.1) is 12.6 Å². The van der Waals surface area contributed by atoms with Crippen molar-refractivity contribution in [3.05, 3.63) is 23.3 Å². The fourth-order valence-electron chi connectivity index (χ4n) is 1.33. The monoisotopic (exact) mass is 195 g/mol. The Kier molecular flexibility index (Phi) is 3.25. The Morgan fingerprint density at radius 3 is 2.23 bits per heavy atom. The minimum absolute atomic E-state index is 0.880. The first-order valence-corrected chi connectivity index (χ1v) is 4.51. The second kappa shape index (κ2) is 4.23. The topological polar surface area (TPSA) is 21.3 Å². The SMILES string of the molecule is COc1cc(C)c(NC=S)c(C)c1. The lowest BCUT2D eigenvalue weighted by Crippen LogP contribution is -1.98. The highest BCUT2D eigenvalue weighted by Gasteiger charge is 2.03. The van der Waals surface area contributed by atoms with Crippen LogP contribution in [0.5, 0.6) is 5.75 Å². The molecule has 13 heavy (non-hydrogen) atoms. The first-order valence-electron chi connectivity index (χ1n) is 4.04. The quantitative estimate of drug-likeness (QED) is 0.749. The van der Waals surface area contributed by atoms with E-state index < -0.39 is 0 Å². The van der Waals surface area contributed by atoms with Crippen molar-refractivity contribution in [1.29, 1.82) is 0 Å². The Morgan fingerprint density at radius 1 is 1.31 bits per heavy atom. The van der Waals surface area contributed by atoms with E-state index in [1.54, 1.807) is 7.11 Å². The Balaban J connectivity index is 3.14. The largest absolute Gasteiger partial charge is 0.497 e. The number of anilines is 1. The molecule has 1 rings (SSSR count). The molecule has 70 valence electrons. The van der Waals surface area contributed by atoms with Gasteiger partial charge in [-0.1, -0.05) is 12.2 Å². The van der Waals surface area contributed by atoms with Gasteiger partial charge in [0.15, 0.2) is 0 Å². The van der Waals surface area contributed by atoms with Crippen LogP contribution in [0.15, 0.2) is 12.1 Å². The van der Waals surface area contributed by atoms with Crippen LogP contribution < -0.4 is 10.1 Å². The zero-order valence-corrected chi connectivity index (χ0v) is 8.87. The maximum absolute atomic E-state index is 5.14. The van der Waals surface area contributed by atoms with Gasteiger partial charge >= 0.3 is 0 Å². The number of rotatable bonds is 3. The van der Waals surface area contributed by atoms with Gasteiger partial charge < -0.3 is 10.1 Å². The molecule has 0 aliphatic heterocycles. The lowest BCUT2D eigenvalue weighted by atomic mass is 10.1. The molecule has 0 aromatic heterocycles. The van der Waals surface area contributed by atoms with Crippen molar-refractivity contribution in [2.45, 2.75) is 13.8 Å². The normalized spacial score (nSPS) is 9.46. The summed E-state index contributed by atoms with van der Waals surface area (Å²) < 4.78 is 5.14. The van der Waals surface area contributed by atoms with Crippen LogP contribution in [-0.4, -0.2) is 12.6 Å². The second-order valence-corrected chi connectivity index (χ2v) is 3.13. The standard InChI is InChI=1S/C10H13NOS/c1-7-4-9(12-3)5-8(2)10(7)11-6-13/h4-6H,1-3H3,(H,11,13). The number of benzene rings is 1. The molecule has 0 aliphatic carbocycles. The van der Waals surface area contributed by atoms with Crippen LogP contribution in [0, 0.1) is 13.8 Å². The van der Waals surface area contributed by atoms with Gasteiger partial charge in [-0.3, -0.25) is 0 Å². The number of aryl methyl sites for hydroxylation is 2. The average molecular weight is 195 g/mol. The average Bonchev–Trinajstić information content (AvgIpc) is 2.11. The van der Waals surface area contributed by atoms with Crippen LogP contribution in [-0.2, 0) is 0 Å². The van der Waals surface area contributed by atoms with E-state index in [9.17, 15) is 0 Å². The van der Waals surface area contributed by atoms with Gasteiger partial charge in [-0.05, 0) is 37.1 Å². The van der Waals surface area contributed by atoms with Crippen molar-refractivity contribution in [3.8, 4) is 5.75 Å². The fraction of sp³-hybridized carbons (Fsp3) is 0.300. The van der Waals surface area contributed by atoms with Gasteiger partial charge in [-0.15, -0.1) is 0 Å². The minimum Gasteiger partial charge on any atom is -0.497 e. The highest BCUT2D eigenvalue weighted by atomic mass is 32.1. The molecule has 1 aromatic carbocycles. The lowest BCUT2D eigenvalue weighted by molar-refractivity contribution is 0.414. The van der Waals surface area contributed by atoms with Gasteiger partial charge in [0.2, 0.25) is 0 Å². The molecular weight excluding hydrogens is 182 g/mol. The number of methoxy groups -OCH3 is 1. The van der Waals surface area contributed by atoms with Crippen LogP contribution in [0.4, 0.5) is 5.69 Å². The molecule has 2 nitrogen and oxygen atoms in total. The third-order valence-electron chi connectivity index (χ3n) is 1.95. The van der Waals surface area contributed by atoms with Crippen LogP contribution in [0.25, 0.3) is 0 Å². The van der Waals surface area contributed by atoms with E-state index in [4.69, 9.17) is 17.0 Å². The molecule has 0 unspecified atom stereocenters. The van der Waals surface area contributed by atoms with Gasteiger partial charge in [0.1, 0.15) is 5.75 Å².